The van der Waals surface area contributed by atoms with Gasteiger partial charge in [0.05, 0.1) is 33.0 Å². The summed E-state index contributed by atoms with van der Waals surface area (Å²) in [6.07, 6.45) is 0. The first kappa shape index (κ1) is 29.3. The van der Waals surface area contributed by atoms with E-state index in [0.717, 1.165) is 29.3 Å². The van der Waals surface area contributed by atoms with Crippen molar-refractivity contribution in [2.24, 2.45) is 20.5 Å². The maximum Gasteiger partial charge on any atom is 0.298 e. The molecule has 0 bridgehead atoms. The normalized spacial score (nSPS) is 12.4. The zero-order valence-electron chi connectivity index (χ0n) is 21.8. The first-order chi connectivity index (χ1) is 20.3. The molecule has 6 N–H and O–H groups in total. The minimum absolute atomic E-state index is 0.113. The standard InChI is InChI=1S/C28H21N5O8S2/c29-23-11-5-18-13-22(42(36,37)38)15-25(35)27(18)28(23)33-31-20-8-3-17(4-9-20)16-1-6-19(7-2-16)30-32-21-10-12-24(34)26(14-21)43(39,40)41/h1-15,34-35H,29H2,(H,36,37,38)(H,39,40,41). The molecule has 0 fully saturated rings. The van der Waals surface area contributed by atoms with Gasteiger partial charge in [-0.15, -0.1) is 5.11 Å². The van der Waals surface area contributed by atoms with Crippen molar-refractivity contribution >= 4 is 59.4 Å². The maximum atomic E-state index is 11.5. The molecule has 0 amide bonds. The largest absolute Gasteiger partial charge is 0.507 e. The molecule has 0 saturated carbocycles. The molecule has 5 aromatic carbocycles. The van der Waals surface area contributed by atoms with Crippen LogP contribution in [0.2, 0.25) is 0 Å². The highest BCUT2D eigenvalue weighted by Crippen LogP contribution is 2.40. The van der Waals surface area contributed by atoms with E-state index in [1.807, 2.05) is 0 Å². The summed E-state index contributed by atoms with van der Waals surface area (Å²) in [5.41, 5.74) is 9.12. The number of benzene rings is 5. The Morgan fingerprint density at radius 1 is 0.558 bits per heavy atom. The predicted octanol–water partition coefficient (Wildman–Crippen LogP) is 6.82. The second-order valence-electron chi connectivity index (χ2n) is 9.14. The Balaban J connectivity index is 1.34. The van der Waals surface area contributed by atoms with Crippen LogP contribution in [0, 0.1) is 0 Å². The average molecular weight is 620 g/mol. The number of azo groups is 2. The van der Waals surface area contributed by atoms with Crippen molar-refractivity contribution in [3.05, 3.63) is 91.0 Å². The summed E-state index contributed by atoms with van der Waals surface area (Å²) in [5, 5.41) is 36.9. The van der Waals surface area contributed by atoms with E-state index in [1.165, 1.54) is 24.3 Å². The lowest BCUT2D eigenvalue weighted by atomic mass is 10.1. The van der Waals surface area contributed by atoms with Gasteiger partial charge in [-0.1, -0.05) is 30.3 Å². The summed E-state index contributed by atoms with van der Waals surface area (Å²) in [7, 11) is -9.16. The van der Waals surface area contributed by atoms with Gasteiger partial charge in [-0.3, -0.25) is 9.11 Å². The fourth-order valence-electron chi connectivity index (χ4n) is 4.11. The quantitative estimate of drug-likeness (QED) is 0.0730. The van der Waals surface area contributed by atoms with E-state index in [0.29, 0.717) is 16.8 Å². The predicted molar refractivity (Wildman–Crippen MR) is 158 cm³/mol. The molecular formula is C28H21N5O8S2. The van der Waals surface area contributed by atoms with Crippen LogP contribution in [0.25, 0.3) is 21.9 Å². The second-order valence-corrected chi connectivity index (χ2v) is 12.0. The maximum absolute atomic E-state index is 11.5. The number of fused-ring (bicyclic) bond motifs is 1. The molecule has 0 aromatic heterocycles. The number of nitrogens with two attached hydrogens (primary N) is 1. The molecule has 0 saturated heterocycles. The summed E-state index contributed by atoms with van der Waals surface area (Å²) >= 11 is 0. The van der Waals surface area contributed by atoms with Gasteiger partial charge in [-0.2, -0.15) is 32.2 Å². The first-order valence-electron chi connectivity index (χ1n) is 12.2. The number of anilines is 1. The second kappa shape index (κ2) is 11.2. The molecule has 0 spiro atoms. The van der Waals surface area contributed by atoms with Gasteiger partial charge in [-0.05, 0) is 71.1 Å². The van der Waals surface area contributed by atoms with Crippen molar-refractivity contribution in [1.82, 2.24) is 0 Å². The first-order valence-corrected chi connectivity index (χ1v) is 15.0. The molecule has 218 valence electrons. The van der Waals surface area contributed by atoms with Crippen LogP contribution in [-0.2, 0) is 20.2 Å². The zero-order chi connectivity index (χ0) is 30.9. The Morgan fingerprint density at radius 3 is 1.65 bits per heavy atom. The average Bonchev–Trinajstić information content (AvgIpc) is 2.96. The van der Waals surface area contributed by atoms with Gasteiger partial charge in [0.2, 0.25) is 0 Å². The van der Waals surface area contributed by atoms with Gasteiger partial charge < -0.3 is 15.9 Å². The van der Waals surface area contributed by atoms with E-state index in [1.54, 1.807) is 48.5 Å². The van der Waals surface area contributed by atoms with Crippen LogP contribution in [-0.4, -0.2) is 36.2 Å². The highest BCUT2D eigenvalue weighted by atomic mass is 32.2. The summed E-state index contributed by atoms with van der Waals surface area (Å²) in [6.45, 7) is 0. The van der Waals surface area contributed by atoms with Crippen LogP contribution in [0.1, 0.15) is 0 Å². The Hall–Kier alpha value is -5.22. The monoisotopic (exact) mass is 619 g/mol. The molecule has 5 aromatic rings. The van der Waals surface area contributed by atoms with Crippen LogP contribution in [0.4, 0.5) is 28.4 Å². The Bertz CT molecular complexity index is 2150. The highest BCUT2D eigenvalue weighted by molar-refractivity contribution is 7.86. The Labute approximate surface area is 244 Å². The van der Waals surface area contributed by atoms with Gasteiger partial charge in [0.1, 0.15) is 22.1 Å². The molecule has 0 unspecified atom stereocenters. The van der Waals surface area contributed by atoms with E-state index in [2.05, 4.69) is 20.5 Å². The number of aromatic hydroxyl groups is 2. The van der Waals surface area contributed by atoms with E-state index < -0.39 is 41.5 Å². The molecule has 0 aliphatic carbocycles. The van der Waals surface area contributed by atoms with Crippen molar-refractivity contribution in [1.29, 1.82) is 0 Å². The van der Waals surface area contributed by atoms with Crippen molar-refractivity contribution in [2.75, 3.05) is 5.73 Å². The van der Waals surface area contributed by atoms with E-state index in [-0.39, 0.29) is 22.4 Å². The van der Waals surface area contributed by atoms with Gasteiger partial charge >= 0.3 is 0 Å². The van der Waals surface area contributed by atoms with Crippen LogP contribution in [0.15, 0.2) is 121 Å². The number of phenolic OH excluding ortho intramolecular Hbond substituents is 2. The lowest BCUT2D eigenvalue weighted by Gasteiger charge is -2.09. The number of rotatable bonds is 7. The summed E-state index contributed by atoms with van der Waals surface area (Å²) in [4.78, 5) is -1.14. The topological polar surface area (TPSA) is 225 Å². The minimum Gasteiger partial charge on any atom is -0.507 e. The third-order valence-electron chi connectivity index (χ3n) is 6.21. The number of nitrogen functional groups attached to an aromatic ring is 1. The molecule has 0 aliphatic heterocycles. The van der Waals surface area contributed by atoms with Crippen LogP contribution in [0.3, 0.4) is 0 Å². The Morgan fingerprint density at radius 2 is 1.09 bits per heavy atom. The molecule has 0 radical (unpaired) electrons. The number of hydrogen-bond acceptors (Lipinski definition) is 11. The minimum atomic E-state index is -4.62. The number of nitrogens with zero attached hydrogens (tertiary/aromatic N) is 4. The lowest BCUT2D eigenvalue weighted by molar-refractivity contribution is 0.443. The summed E-state index contributed by atoms with van der Waals surface area (Å²) in [6, 6.07) is 22.5. The van der Waals surface area contributed by atoms with Crippen LogP contribution < -0.4 is 5.73 Å². The van der Waals surface area contributed by atoms with Gasteiger partial charge in [-0.25, -0.2) is 0 Å². The van der Waals surface area contributed by atoms with Crippen LogP contribution >= 0.6 is 0 Å². The van der Waals surface area contributed by atoms with E-state index >= 15 is 0 Å². The van der Waals surface area contributed by atoms with Crippen LogP contribution in [0.5, 0.6) is 11.5 Å². The van der Waals surface area contributed by atoms with Crippen molar-refractivity contribution in [2.45, 2.75) is 9.79 Å². The molecule has 0 atom stereocenters. The zero-order valence-corrected chi connectivity index (χ0v) is 23.4. The van der Waals surface area contributed by atoms with E-state index in [9.17, 15) is 36.2 Å². The molecule has 5 rings (SSSR count). The fraction of sp³-hybridized carbons (Fsp3) is 0. The van der Waals surface area contributed by atoms with Crippen molar-refractivity contribution in [3.8, 4) is 22.6 Å². The SMILES string of the molecule is Nc1ccc2cc(S(=O)(=O)O)cc(O)c2c1N=Nc1ccc(-c2ccc(N=Nc3ccc(O)c(S(=O)(=O)O)c3)cc2)cc1. The third kappa shape index (κ3) is 6.49. The van der Waals surface area contributed by atoms with Gasteiger partial charge in [0, 0.05) is 6.07 Å². The third-order valence-corrected chi connectivity index (χ3v) is 7.92. The summed E-state index contributed by atoms with van der Waals surface area (Å²) < 4.78 is 64.3. The molecule has 0 aliphatic rings. The summed E-state index contributed by atoms with van der Waals surface area (Å²) in [5.74, 6) is -1.04. The molecule has 15 heteroatoms. The lowest BCUT2D eigenvalue weighted by Crippen LogP contribution is -1.98. The van der Waals surface area contributed by atoms with Gasteiger partial charge in [0.15, 0.2) is 0 Å². The molecular weight excluding hydrogens is 598 g/mol. The van der Waals surface area contributed by atoms with Crippen molar-refractivity contribution in [3.63, 3.8) is 0 Å². The number of phenols is 2. The molecule has 43 heavy (non-hydrogen) atoms. The Kier molecular flexibility index (Phi) is 7.64. The molecule has 0 heterocycles. The van der Waals surface area contributed by atoms with E-state index in [4.69, 9.17) is 5.73 Å². The highest BCUT2D eigenvalue weighted by Gasteiger charge is 2.17. The number of hydrogen-bond donors (Lipinski definition) is 5. The fourth-order valence-corrected chi connectivity index (χ4v) is 5.25. The smallest absolute Gasteiger partial charge is 0.298 e. The molecule has 13 nitrogen and oxygen atoms in total. The van der Waals surface area contributed by atoms with Gasteiger partial charge in [0.25, 0.3) is 20.2 Å². The van der Waals surface area contributed by atoms with Crippen molar-refractivity contribution < 1.29 is 36.2 Å².